The molecule has 3 atom stereocenters. The van der Waals surface area contributed by atoms with E-state index in [1.807, 2.05) is 11.3 Å². The van der Waals surface area contributed by atoms with E-state index in [9.17, 15) is 0 Å². The average molecular weight is 237 g/mol. The summed E-state index contributed by atoms with van der Waals surface area (Å²) >= 11 is 1.96. The molecule has 1 saturated heterocycles. The zero-order chi connectivity index (χ0) is 11.1. The van der Waals surface area contributed by atoms with Crippen LogP contribution in [0.15, 0.2) is 6.07 Å². The molecule has 0 aliphatic carbocycles. The lowest BCUT2D eigenvalue weighted by Crippen LogP contribution is -2.27. The third-order valence-electron chi connectivity index (χ3n) is 3.52. The summed E-state index contributed by atoms with van der Waals surface area (Å²) in [5, 5.41) is 3.36. The first-order valence-corrected chi connectivity index (χ1v) is 6.90. The third-order valence-corrected chi connectivity index (χ3v) is 4.72. The van der Waals surface area contributed by atoms with Gasteiger partial charge in [0.25, 0.3) is 0 Å². The Morgan fingerprint density at radius 2 is 2.44 bits per heavy atom. The highest BCUT2D eigenvalue weighted by molar-refractivity contribution is 7.12. The first kappa shape index (κ1) is 10.7. The maximum Gasteiger partial charge on any atom is 0.0821 e. The van der Waals surface area contributed by atoms with Crippen LogP contribution >= 0.6 is 11.3 Å². The van der Waals surface area contributed by atoms with Gasteiger partial charge >= 0.3 is 0 Å². The summed E-state index contributed by atoms with van der Waals surface area (Å²) in [4.78, 5) is 5.47. The molecule has 1 aromatic heterocycles. The molecule has 0 amide bonds. The third kappa shape index (κ3) is 2.02. The molecule has 88 valence electrons. The van der Waals surface area contributed by atoms with Gasteiger partial charge in [0.05, 0.1) is 6.17 Å². The largest absolute Gasteiger partial charge is 0.312 e. The smallest absolute Gasteiger partial charge is 0.0821 e. The van der Waals surface area contributed by atoms with Crippen molar-refractivity contribution < 1.29 is 0 Å². The van der Waals surface area contributed by atoms with E-state index in [0.717, 1.165) is 19.1 Å². The number of nitrogens with one attached hydrogen (secondary N) is 1. The van der Waals surface area contributed by atoms with Crippen LogP contribution in [-0.4, -0.2) is 24.0 Å². The van der Waals surface area contributed by atoms with Crippen LogP contribution in [0.3, 0.4) is 0 Å². The number of fused-ring (bicyclic) bond motifs is 1. The highest BCUT2D eigenvalue weighted by atomic mass is 32.1. The van der Waals surface area contributed by atoms with Crippen molar-refractivity contribution in [3.63, 3.8) is 0 Å². The van der Waals surface area contributed by atoms with Gasteiger partial charge in [0.1, 0.15) is 0 Å². The standard InChI is InChI=1S/C12H19N3S/c1-8-6-15(8)7-9-5-10-11(16-9)3-2-4-14-12(10)13/h5,8,12,14H,2-4,6-7,13H2,1H3. The number of hydrogen-bond acceptors (Lipinski definition) is 4. The zero-order valence-corrected chi connectivity index (χ0v) is 10.5. The molecule has 3 rings (SSSR count). The number of thiophene rings is 1. The van der Waals surface area contributed by atoms with Crippen LogP contribution in [0.5, 0.6) is 0 Å². The van der Waals surface area contributed by atoms with E-state index in [0.29, 0.717) is 0 Å². The molecule has 1 fully saturated rings. The summed E-state index contributed by atoms with van der Waals surface area (Å²) in [6.45, 7) is 5.70. The van der Waals surface area contributed by atoms with Gasteiger partial charge in [-0.3, -0.25) is 10.2 Å². The average Bonchev–Trinajstić information content (AvgIpc) is 2.84. The van der Waals surface area contributed by atoms with Gasteiger partial charge < -0.3 is 5.73 Å². The Bertz CT molecular complexity index is 388. The molecular formula is C12H19N3S. The van der Waals surface area contributed by atoms with Gasteiger partial charge in [-0.25, -0.2) is 0 Å². The maximum absolute atomic E-state index is 6.12. The summed E-state index contributed by atoms with van der Waals surface area (Å²) in [7, 11) is 0. The maximum atomic E-state index is 6.12. The normalized spacial score (nSPS) is 33.2. The van der Waals surface area contributed by atoms with Gasteiger partial charge in [0.2, 0.25) is 0 Å². The monoisotopic (exact) mass is 237 g/mol. The second kappa shape index (κ2) is 4.11. The van der Waals surface area contributed by atoms with Gasteiger partial charge in [0.15, 0.2) is 0 Å². The van der Waals surface area contributed by atoms with E-state index in [4.69, 9.17) is 5.73 Å². The summed E-state index contributed by atoms with van der Waals surface area (Å²) in [6.07, 6.45) is 2.45. The lowest BCUT2D eigenvalue weighted by atomic mass is 10.1. The molecule has 3 heterocycles. The van der Waals surface area contributed by atoms with Crippen LogP contribution in [0.4, 0.5) is 0 Å². The minimum Gasteiger partial charge on any atom is -0.312 e. The van der Waals surface area contributed by atoms with Crippen molar-refractivity contribution in [3.8, 4) is 0 Å². The van der Waals surface area contributed by atoms with Crippen LogP contribution in [-0.2, 0) is 13.0 Å². The molecule has 4 heteroatoms. The Balaban J connectivity index is 1.79. The van der Waals surface area contributed by atoms with E-state index in [1.165, 1.54) is 34.7 Å². The SMILES string of the molecule is CC1CN1Cc1cc2c(s1)CCCNC2N. The summed E-state index contributed by atoms with van der Waals surface area (Å²) in [5.41, 5.74) is 7.46. The molecule has 3 nitrogen and oxygen atoms in total. The van der Waals surface area contributed by atoms with Crippen molar-refractivity contribution in [3.05, 3.63) is 21.4 Å². The van der Waals surface area contributed by atoms with Gasteiger partial charge in [-0.2, -0.15) is 0 Å². The number of nitrogens with two attached hydrogens (primary N) is 1. The number of hydrogen-bond donors (Lipinski definition) is 2. The van der Waals surface area contributed by atoms with Crippen LogP contribution in [0, 0.1) is 0 Å². The van der Waals surface area contributed by atoms with Crippen molar-refractivity contribution >= 4 is 11.3 Å². The van der Waals surface area contributed by atoms with E-state index in [2.05, 4.69) is 23.2 Å². The number of rotatable bonds is 2. The molecular weight excluding hydrogens is 218 g/mol. The van der Waals surface area contributed by atoms with E-state index >= 15 is 0 Å². The van der Waals surface area contributed by atoms with Gasteiger partial charge in [-0.05, 0) is 37.9 Å². The fraction of sp³-hybridized carbons (Fsp3) is 0.667. The predicted octanol–water partition coefficient (Wildman–Crippen LogP) is 1.45. The van der Waals surface area contributed by atoms with Crippen molar-refractivity contribution in [2.24, 2.45) is 5.73 Å². The lowest BCUT2D eigenvalue weighted by molar-refractivity contribution is 0.518. The zero-order valence-electron chi connectivity index (χ0n) is 9.70. The van der Waals surface area contributed by atoms with Crippen molar-refractivity contribution in [2.45, 2.75) is 38.5 Å². The molecule has 3 N–H and O–H groups in total. The van der Waals surface area contributed by atoms with E-state index < -0.39 is 0 Å². The Morgan fingerprint density at radius 3 is 3.19 bits per heavy atom. The molecule has 0 saturated carbocycles. The second-order valence-electron chi connectivity index (χ2n) is 4.91. The van der Waals surface area contributed by atoms with Crippen molar-refractivity contribution in [1.29, 1.82) is 0 Å². The van der Waals surface area contributed by atoms with Crippen LogP contribution < -0.4 is 11.1 Å². The van der Waals surface area contributed by atoms with Crippen LogP contribution in [0.1, 0.15) is 34.8 Å². The molecule has 3 unspecified atom stereocenters. The quantitative estimate of drug-likeness (QED) is 0.765. The number of aryl methyl sites for hydroxylation is 1. The molecule has 0 aromatic carbocycles. The van der Waals surface area contributed by atoms with Crippen LogP contribution in [0.25, 0.3) is 0 Å². The van der Waals surface area contributed by atoms with Gasteiger partial charge in [-0.1, -0.05) is 0 Å². The molecule has 2 aliphatic rings. The Morgan fingerprint density at radius 1 is 1.62 bits per heavy atom. The minimum atomic E-state index is 0.0501. The fourth-order valence-electron chi connectivity index (χ4n) is 2.37. The second-order valence-corrected chi connectivity index (χ2v) is 6.13. The molecule has 2 aliphatic heterocycles. The van der Waals surface area contributed by atoms with Crippen molar-refractivity contribution in [2.75, 3.05) is 13.1 Å². The van der Waals surface area contributed by atoms with E-state index in [-0.39, 0.29) is 6.17 Å². The predicted molar refractivity (Wildman–Crippen MR) is 67.4 cm³/mol. The fourth-order valence-corrected chi connectivity index (χ4v) is 3.65. The topological polar surface area (TPSA) is 41.1 Å². The van der Waals surface area contributed by atoms with Gasteiger partial charge in [-0.15, -0.1) is 11.3 Å². The highest BCUT2D eigenvalue weighted by Crippen LogP contribution is 2.31. The number of nitrogens with zero attached hydrogens (tertiary/aromatic N) is 1. The molecule has 0 bridgehead atoms. The molecule has 0 spiro atoms. The molecule has 16 heavy (non-hydrogen) atoms. The van der Waals surface area contributed by atoms with Crippen LogP contribution in [0.2, 0.25) is 0 Å². The van der Waals surface area contributed by atoms with Crippen molar-refractivity contribution in [1.82, 2.24) is 10.2 Å². The minimum absolute atomic E-state index is 0.0501. The Labute approximate surface area is 101 Å². The highest BCUT2D eigenvalue weighted by Gasteiger charge is 2.29. The summed E-state index contributed by atoms with van der Waals surface area (Å²) < 4.78 is 0. The summed E-state index contributed by atoms with van der Waals surface area (Å²) in [6, 6.07) is 3.10. The first-order chi connectivity index (χ1) is 7.74. The van der Waals surface area contributed by atoms with Gasteiger partial charge in [0, 0.05) is 28.9 Å². The lowest BCUT2D eigenvalue weighted by Gasteiger charge is -2.09. The summed E-state index contributed by atoms with van der Waals surface area (Å²) in [5.74, 6) is 0. The first-order valence-electron chi connectivity index (χ1n) is 6.08. The molecule has 0 radical (unpaired) electrons. The Kier molecular flexibility index (Phi) is 2.75. The Hall–Kier alpha value is -0.420. The molecule has 1 aromatic rings. The van der Waals surface area contributed by atoms with E-state index in [1.54, 1.807) is 0 Å².